The molecule has 0 radical (unpaired) electrons. The van der Waals surface area contributed by atoms with Gasteiger partial charge in [0.25, 0.3) is 0 Å². The zero-order valence-corrected chi connectivity index (χ0v) is 10.6. The van der Waals surface area contributed by atoms with E-state index in [9.17, 15) is 4.79 Å². The molecule has 1 aromatic heterocycles. The Bertz CT molecular complexity index is 630. The highest BCUT2D eigenvalue weighted by atomic mass is 16.3. The Morgan fingerprint density at radius 3 is 2.89 bits per heavy atom. The predicted molar refractivity (Wildman–Crippen MR) is 72.9 cm³/mol. The van der Waals surface area contributed by atoms with E-state index in [1.807, 2.05) is 18.2 Å². The summed E-state index contributed by atoms with van der Waals surface area (Å²) < 4.78 is 5.41. The Kier molecular flexibility index (Phi) is 2.28. The number of furan rings is 1. The molecular formula is C16H15NO2. The summed E-state index contributed by atoms with van der Waals surface area (Å²) in [5, 5.41) is 3.05. The lowest BCUT2D eigenvalue weighted by Crippen LogP contribution is -2.30. The fourth-order valence-electron chi connectivity index (χ4n) is 3.46. The summed E-state index contributed by atoms with van der Waals surface area (Å²) in [6, 6.07) is 10.1. The van der Waals surface area contributed by atoms with Crippen LogP contribution in [0.3, 0.4) is 0 Å². The molecule has 2 unspecified atom stereocenters. The number of hydrogen-bond donors (Lipinski definition) is 1. The molecule has 2 aromatic rings. The number of nitrogens with one attached hydrogen (secondary N) is 1. The molecule has 1 aliphatic heterocycles. The predicted octanol–water partition coefficient (Wildman–Crippen LogP) is 3.78. The number of amides is 1. The van der Waals surface area contributed by atoms with Crippen molar-refractivity contribution >= 4 is 11.6 Å². The van der Waals surface area contributed by atoms with Crippen molar-refractivity contribution in [2.75, 3.05) is 5.32 Å². The van der Waals surface area contributed by atoms with E-state index in [4.69, 9.17) is 4.42 Å². The summed E-state index contributed by atoms with van der Waals surface area (Å²) in [5.41, 5.74) is 3.26. The van der Waals surface area contributed by atoms with Crippen molar-refractivity contribution in [2.45, 2.75) is 25.2 Å². The van der Waals surface area contributed by atoms with Crippen LogP contribution in [0.2, 0.25) is 0 Å². The lowest BCUT2D eigenvalue weighted by atomic mass is 9.83. The van der Waals surface area contributed by atoms with Gasteiger partial charge in [-0.1, -0.05) is 18.6 Å². The number of carbonyl (C=O) groups is 1. The topological polar surface area (TPSA) is 42.2 Å². The second-order valence-electron chi connectivity index (χ2n) is 5.41. The maximum atomic E-state index is 12.1. The third-order valence-corrected chi connectivity index (χ3v) is 4.37. The molecule has 0 saturated heterocycles. The van der Waals surface area contributed by atoms with Crippen molar-refractivity contribution in [1.82, 2.24) is 0 Å². The number of anilines is 1. The Morgan fingerprint density at radius 1 is 1.16 bits per heavy atom. The molecule has 2 heterocycles. The normalized spacial score (nSPS) is 24.7. The molecule has 0 spiro atoms. The van der Waals surface area contributed by atoms with Gasteiger partial charge in [-0.2, -0.15) is 0 Å². The first-order valence-corrected chi connectivity index (χ1v) is 6.81. The van der Waals surface area contributed by atoms with Crippen molar-refractivity contribution in [2.24, 2.45) is 5.92 Å². The molecule has 1 amide bonds. The summed E-state index contributed by atoms with van der Waals surface area (Å²) in [4.78, 5) is 12.1. The quantitative estimate of drug-likeness (QED) is 0.840. The van der Waals surface area contributed by atoms with Crippen LogP contribution in [0.5, 0.6) is 0 Å². The highest BCUT2D eigenvalue weighted by Crippen LogP contribution is 2.46. The first-order chi connectivity index (χ1) is 9.33. The molecule has 1 saturated carbocycles. The van der Waals surface area contributed by atoms with E-state index >= 15 is 0 Å². The van der Waals surface area contributed by atoms with E-state index in [2.05, 4.69) is 17.4 Å². The van der Waals surface area contributed by atoms with Gasteiger partial charge < -0.3 is 9.73 Å². The van der Waals surface area contributed by atoms with Gasteiger partial charge in [0.15, 0.2) is 0 Å². The fraction of sp³-hybridized carbons (Fsp3) is 0.312. The molecule has 3 nitrogen and oxygen atoms in total. The van der Waals surface area contributed by atoms with Crippen LogP contribution >= 0.6 is 0 Å². The van der Waals surface area contributed by atoms with Gasteiger partial charge in [-0.15, -0.1) is 0 Å². The number of hydrogen-bond acceptors (Lipinski definition) is 2. The minimum absolute atomic E-state index is 0.182. The average molecular weight is 253 g/mol. The van der Waals surface area contributed by atoms with E-state index in [1.165, 1.54) is 5.56 Å². The van der Waals surface area contributed by atoms with Crippen LogP contribution in [0.25, 0.3) is 11.3 Å². The molecule has 1 aliphatic carbocycles. The fourth-order valence-corrected chi connectivity index (χ4v) is 3.46. The second kappa shape index (κ2) is 3.98. The Balaban J connectivity index is 1.80. The van der Waals surface area contributed by atoms with Crippen molar-refractivity contribution in [3.05, 3.63) is 42.2 Å². The smallest absolute Gasteiger partial charge is 0.228 e. The molecule has 1 fully saturated rings. The van der Waals surface area contributed by atoms with Gasteiger partial charge in [-0.25, -0.2) is 0 Å². The maximum absolute atomic E-state index is 12.1. The summed E-state index contributed by atoms with van der Waals surface area (Å²) in [5.74, 6) is 1.62. The standard InChI is InChI=1S/C16H15NO2/c18-16-13-4-1-3-11(13)12-7-6-10(9-14(12)17-16)15-5-2-8-19-15/h2,5-9,11,13H,1,3-4H2,(H,17,18). The number of fused-ring (bicyclic) bond motifs is 3. The molecule has 1 aromatic carbocycles. The Morgan fingerprint density at radius 2 is 2.05 bits per heavy atom. The number of carbonyl (C=O) groups excluding carboxylic acids is 1. The first-order valence-electron chi connectivity index (χ1n) is 6.81. The average Bonchev–Trinajstić information content (AvgIpc) is 3.10. The van der Waals surface area contributed by atoms with Crippen LogP contribution in [-0.4, -0.2) is 5.91 Å². The first kappa shape index (κ1) is 10.9. The lowest BCUT2D eigenvalue weighted by Gasteiger charge is -2.28. The van der Waals surface area contributed by atoms with Crippen LogP contribution in [0.4, 0.5) is 5.69 Å². The molecule has 96 valence electrons. The molecular weight excluding hydrogens is 238 g/mol. The van der Waals surface area contributed by atoms with Gasteiger partial charge in [-0.3, -0.25) is 4.79 Å². The molecule has 4 rings (SSSR count). The molecule has 1 N–H and O–H groups in total. The van der Waals surface area contributed by atoms with Crippen molar-refractivity contribution in [1.29, 1.82) is 0 Å². The highest BCUT2D eigenvalue weighted by molar-refractivity contribution is 5.97. The van der Waals surface area contributed by atoms with E-state index in [1.54, 1.807) is 6.26 Å². The maximum Gasteiger partial charge on any atom is 0.228 e. The molecule has 2 atom stereocenters. The van der Waals surface area contributed by atoms with Crippen molar-refractivity contribution in [3.8, 4) is 11.3 Å². The van der Waals surface area contributed by atoms with Crippen molar-refractivity contribution < 1.29 is 9.21 Å². The second-order valence-corrected chi connectivity index (χ2v) is 5.41. The number of benzene rings is 1. The van der Waals surface area contributed by atoms with Crippen LogP contribution < -0.4 is 5.32 Å². The molecule has 19 heavy (non-hydrogen) atoms. The summed E-state index contributed by atoms with van der Waals surface area (Å²) in [6.45, 7) is 0. The molecule has 2 aliphatic rings. The van der Waals surface area contributed by atoms with E-state index < -0.39 is 0 Å². The van der Waals surface area contributed by atoms with Gasteiger partial charge in [0.2, 0.25) is 5.91 Å². The Labute approximate surface area is 111 Å². The Hall–Kier alpha value is -2.03. The van der Waals surface area contributed by atoms with Crippen LogP contribution in [0, 0.1) is 5.92 Å². The minimum atomic E-state index is 0.182. The third-order valence-electron chi connectivity index (χ3n) is 4.37. The SMILES string of the molecule is O=C1Nc2cc(-c3ccco3)ccc2C2CCCC12. The van der Waals surface area contributed by atoms with E-state index in [-0.39, 0.29) is 11.8 Å². The summed E-state index contributed by atoms with van der Waals surface area (Å²) in [6.07, 6.45) is 4.98. The van der Waals surface area contributed by atoms with Crippen LogP contribution in [0.1, 0.15) is 30.7 Å². The van der Waals surface area contributed by atoms with Gasteiger partial charge in [0, 0.05) is 17.2 Å². The van der Waals surface area contributed by atoms with E-state index in [0.717, 1.165) is 36.3 Å². The van der Waals surface area contributed by atoms with Gasteiger partial charge in [0.05, 0.1) is 6.26 Å². The summed E-state index contributed by atoms with van der Waals surface area (Å²) in [7, 11) is 0. The molecule has 0 bridgehead atoms. The largest absolute Gasteiger partial charge is 0.464 e. The van der Waals surface area contributed by atoms with Gasteiger partial charge in [0.1, 0.15) is 5.76 Å². The summed E-state index contributed by atoms with van der Waals surface area (Å²) >= 11 is 0. The zero-order chi connectivity index (χ0) is 12.8. The van der Waals surface area contributed by atoms with Crippen molar-refractivity contribution in [3.63, 3.8) is 0 Å². The van der Waals surface area contributed by atoms with Gasteiger partial charge in [-0.05, 0) is 42.5 Å². The van der Waals surface area contributed by atoms with E-state index in [0.29, 0.717) is 5.92 Å². The number of rotatable bonds is 1. The third kappa shape index (κ3) is 1.61. The van der Waals surface area contributed by atoms with Crippen LogP contribution in [-0.2, 0) is 4.79 Å². The minimum Gasteiger partial charge on any atom is -0.464 e. The monoisotopic (exact) mass is 253 g/mol. The molecule has 3 heteroatoms. The zero-order valence-electron chi connectivity index (χ0n) is 10.6. The van der Waals surface area contributed by atoms with Crippen LogP contribution in [0.15, 0.2) is 41.0 Å². The highest BCUT2D eigenvalue weighted by Gasteiger charge is 2.38. The van der Waals surface area contributed by atoms with Gasteiger partial charge >= 0.3 is 0 Å². The lowest BCUT2D eigenvalue weighted by molar-refractivity contribution is -0.120.